The lowest BCUT2D eigenvalue weighted by molar-refractivity contribution is -0.137. The second-order valence-corrected chi connectivity index (χ2v) is 6.44. The number of nitrogen functional groups attached to an aromatic ring is 1. The highest BCUT2D eigenvalue weighted by Crippen LogP contribution is 2.16. The van der Waals surface area contributed by atoms with Crippen LogP contribution in [0.1, 0.15) is 48.2 Å². The van der Waals surface area contributed by atoms with Crippen LogP contribution in [-0.4, -0.2) is 38.5 Å². The summed E-state index contributed by atoms with van der Waals surface area (Å²) in [4.78, 5) is 44.1. The van der Waals surface area contributed by atoms with Crippen molar-refractivity contribution in [2.45, 2.75) is 39.5 Å². The normalized spacial score (nSPS) is 10.3. The van der Waals surface area contributed by atoms with Gasteiger partial charge in [0.25, 0.3) is 11.5 Å². The average Bonchev–Trinajstić information content (AvgIpc) is 3.14. The number of nitrogens with one attached hydrogen (secondary N) is 3. The second-order valence-electron chi connectivity index (χ2n) is 6.44. The molecule has 0 fully saturated rings. The van der Waals surface area contributed by atoms with Crippen LogP contribution in [0.3, 0.4) is 0 Å². The van der Waals surface area contributed by atoms with Crippen molar-refractivity contribution in [3.63, 3.8) is 0 Å². The van der Waals surface area contributed by atoms with Crippen LogP contribution in [0.2, 0.25) is 0 Å². The van der Waals surface area contributed by atoms with Crippen molar-refractivity contribution < 1.29 is 14.7 Å². The SMILES string of the molecule is CC.Nc1nc2[nH]cc(CCc3ccc(C(=O)NCCCC(=O)O)cc3)c2c(=O)[nH]1. The Labute approximate surface area is 173 Å². The van der Waals surface area contributed by atoms with Gasteiger partial charge in [0.2, 0.25) is 5.95 Å². The van der Waals surface area contributed by atoms with Crippen LogP contribution in [0.15, 0.2) is 35.3 Å². The lowest BCUT2D eigenvalue weighted by Crippen LogP contribution is -2.24. The molecule has 9 heteroatoms. The number of H-pyrrole nitrogens is 2. The first-order valence-corrected chi connectivity index (χ1v) is 9.88. The number of carboxylic acid groups (broad SMARTS) is 1. The highest BCUT2D eigenvalue weighted by Gasteiger charge is 2.11. The van der Waals surface area contributed by atoms with Gasteiger partial charge in [0.05, 0.1) is 5.39 Å². The molecule has 0 aliphatic carbocycles. The van der Waals surface area contributed by atoms with E-state index >= 15 is 0 Å². The Balaban J connectivity index is 0.00000155. The Kier molecular flexibility index (Phi) is 8.16. The number of hydrogen-bond donors (Lipinski definition) is 5. The fraction of sp³-hybridized carbons (Fsp3) is 0.333. The topological polar surface area (TPSA) is 154 Å². The summed E-state index contributed by atoms with van der Waals surface area (Å²) >= 11 is 0. The minimum absolute atomic E-state index is 0.0258. The smallest absolute Gasteiger partial charge is 0.303 e. The summed E-state index contributed by atoms with van der Waals surface area (Å²) in [5, 5.41) is 11.8. The predicted molar refractivity (Wildman–Crippen MR) is 116 cm³/mol. The van der Waals surface area contributed by atoms with Crippen LogP contribution in [0.4, 0.5) is 5.95 Å². The summed E-state index contributed by atoms with van der Waals surface area (Å²) in [7, 11) is 0. The first kappa shape index (κ1) is 22.7. The largest absolute Gasteiger partial charge is 0.481 e. The first-order chi connectivity index (χ1) is 14.4. The number of aliphatic carboxylic acids is 1. The number of anilines is 1. The zero-order valence-electron chi connectivity index (χ0n) is 17.1. The van der Waals surface area contributed by atoms with Gasteiger partial charge in [-0.1, -0.05) is 26.0 Å². The van der Waals surface area contributed by atoms with Crippen molar-refractivity contribution in [2.24, 2.45) is 0 Å². The van der Waals surface area contributed by atoms with E-state index in [0.29, 0.717) is 42.4 Å². The summed E-state index contributed by atoms with van der Waals surface area (Å²) in [6.45, 7) is 4.32. The summed E-state index contributed by atoms with van der Waals surface area (Å²) in [6, 6.07) is 7.18. The maximum absolute atomic E-state index is 12.1. The number of aromatic amines is 2. The van der Waals surface area contributed by atoms with Crippen molar-refractivity contribution in [2.75, 3.05) is 12.3 Å². The van der Waals surface area contributed by atoms with Gasteiger partial charge >= 0.3 is 5.97 Å². The van der Waals surface area contributed by atoms with Crippen LogP contribution >= 0.6 is 0 Å². The maximum Gasteiger partial charge on any atom is 0.303 e. The summed E-state index contributed by atoms with van der Waals surface area (Å²) in [5.41, 5.74) is 8.13. The number of aromatic nitrogens is 3. The number of carboxylic acids is 1. The third kappa shape index (κ3) is 5.94. The van der Waals surface area contributed by atoms with E-state index in [1.807, 2.05) is 26.0 Å². The second kappa shape index (κ2) is 10.8. The van der Waals surface area contributed by atoms with Gasteiger partial charge in [-0.05, 0) is 42.5 Å². The molecule has 0 saturated carbocycles. The van der Waals surface area contributed by atoms with E-state index in [1.54, 1.807) is 18.3 Å². The van der Waals surface area contributed by atoms with Gasteiger partial charge in [0, 0.05) is 24.7 Å². The number of hydrogen-bond acceptors (Lipinski definition) is 5. The van der Waals surface area contributed by atoms with Gasteiger partial charge in [0.1, 0.15) is 5.65 Å². The van der Waals surface area contributed by atoms with Crippen molar-refractivity contribution in [3.8, 4) is 0 Å². The molecule has 30 heavy (non-hydrogen) atoms. The molecule has 0 spiro atoms. The van der Waals surface area contributed by atoms with Gasteiger partial charge in [-0.3, -0.25) is 19.4 Å². The number of carbonyl (C=O) groups is 2. The van der Waals surface area contributed by atoms with Crippen molar-refractivity contribution >= 4 is 28.9 Å². The third-order valence-electron chi connectivity index (χ3n) is 4.39. The molecular formula is C21H27N5O4. The standard InChI is InChI=1S/C19H21N5O4.C2H6/c20-19-23-16-15(18(28)24-19)13(10-22-16)8-5-11-3-6-12(7-4-11)17(27)21-9-1-2-14(25)26;1-2/h3-4,6-7,10H,1-2,5,8-9H2,(H,21,27)(H,25,26)(H4,20,22,23,24,28);1-2H3. The van der Waals surface area contributed by atoms with E-state index in [2.05, 4.69) is 20.3 Å². The van der Waals surface area contributed by atoms with Crippen LogP contribution in [0.5, 0.6) is 0 Å². The van der Waals surface area contributed by atoms with E-state index in [4.69, 9.17) is 10.8 Å². The maximum atomic E-state index is 12.1. The molecule has 1 aromatic carbocycles. The van der Waals surface area contributed by atoms with Crippen molar-refractivity contribution in [3.05, 3.63) is 57.5 Å². The van der Waals surface area contributed by atoms with Crippen LogP contribution in [0, 0.1) is 0 Å². The molecule has 0 saturated heterocycles. The van der Waals surface area contributed by atoms with Gasteiger partial charge in [-0.2, -0.15) is 4.98 Å². The zero-order valence-corrected chi connectivity index (χ0v) is 17.1. The van der Waals surface area contributed by atoms with Crippen LogP contribution in [0.25, 0.3) is 11.0 Å². The lowest BCUT2D eigenvalue weighted by atomic mass is 10.0. The molecule has 3 aromatic rings. The molecule has 9 nitrogen and oxygen atoms in total. The quantitative estimate of drug-likeness (QED) is 0.357. The van der Waals surface area contributed by atoms with Gasteiger partial charge in [0.15, 0.2) is 0 Å². The number of benzene rings is 1. The Morgan fingerprint density at radius 2 is 1.87 bits per heavy atom. The molecule has 3 rings (SSSR count). The number of amides is 1. The van der Waals surface area contributed by atoms with E-state index < -0.39 is 5.97 Å². The number of aryl methyl sites for hydroxylation is 2. The molecule has 1 amide bonds. The lowest BCUT2D eigenvalue weighted by Gasteiger charge is -2.06. The van der Waals surface area contributed by atoms with E-state index in [1.165, 1.54) is 0 Å². The molecule has 0 aliphatic rings. The van der Waals surface area contributed by atoms with Gasteiger partial charge < -0.3 is 21.1 Å². The van der Waals surface area contributed by atoms with E-state index in [0.717, 1.165) is 11.1 Å². The van der Waals surface area contributed by atoms with Crippen LogP contribution < -0.4 is 16.6 Å². The highest BCUT2D eigenvalue weighted by atomic mass is 16.4. The number of carbonyl (C=O) groups excluding carboxylic acids is 1. The van der Waals surface area contributed by atoms with E-state index in [9.17, 15) is 14.4 Å². The number of fused-ring (bicyclic) bond motifs is 1. The van der Waals surface area contributed by atoms with Crippen molar-refractivity contribution in [1.29, 1.82) is 0 Å². The minimum atomic E-state index is -0.880. The summed E-state index contributed by atoms with van der Waals surface area (Å²) < 4.78 is 0. The number of rotatable bonds is 8. The van der Waals surface area contributed by atoms with Crippen LogP contribution in [-0.2, 0) is 17.6 Å². The number of nitrogens with zero attached hydrogens (tertiary/aromatic N) is 1. The Hall–Kier alpha value is -3.62. The summed E-state index contributed by atoms with van der Waals surface area (Å²) in [5.74, 6) is -1.04. The Morgan fingerprint density at radius 3 is 2.53 bits per heavy atom. The first-order valence-electron chi connectivity index (χ1n) is 9.88. The molecular weight excluding hydrogens is 386 g/mol. The van der Waals surface area contributed by atoms with E-state index in [-0.39, 0.29) is 23.8 Å². The third-order valence-corrected chi connectivity index (χ3v) is 4.39. The highest BCUT2D eigenvalue weighted by molar-refractivity contribution is 5.94. The fourth-order valence-electron chi connectivity index (χ4n) is 2.96. The molecule has 0 atom stereocenters. The average molecular weight is 413 g/mol. The Bertz CT molecular complexity index is 1050. The monoisotopic (exact) mass is 413 g/mol. The van der Waals surface area contributed by atoms with Gasteiger partial charge in [-0.25, -0.2) is 0 Å². The van der Waals surface area contributed by atoms with Gasteiger partial charge in [-0.15, -0.1) is 0 Å². The fourth-order valence-corrected chi connectivity index (χ4v) is 2.96. The summed E-state index contributed by atoms with van der Waals surface area (Å²) in [6.07, 6.45) is 3.50. The molecule has 0 bridgehead atoms. The number of nitrogens with two attached hydrogens (primary N) is 1. The predicted octanol–water partition coefficient (Wildman–Crippen LogP) is 2.24. The molecule has 0 aliphatic heterocycles. The molecule has 2 aromatic heterocycles. The zero-order chi connectivity index (χ0) is 22.1. The molecule has 2 heterocycles. The van der Waals surface area contributed by atoms with Crippen molar-refractivity contribution in [1.82, 2.24) is 20.3 Å². The molecule has 0 radical (unpaired) electrons. The molecule has 6 N–H and O–H groups in total. The minimum Gasteiger partial charge on any atom is -0.481 e. The molecule has 0 unspecified atom stereocenters. The Morgan fingerprint density at radius 1 is 1.17 bits per heavy atom. The molecule has 160 valence electrons.